The van der Waals surface area contributed by atoms with Crippen molar-refractivity contribution in [3.05, 3.63) is 36.2 Å². The van der Waals surface area contributed by atoms with Gasteiger partial charge >= 0.3 is 0 Å². The smallest absolute Gasteiger partial charge is 0.220 e. The summed E-state index contributed by atoms with van der Waals surface area (Å²) in [6.45, 7) is 8.15. The van der Waals surface area contributed by atoms with E-state index in [0.29, 0.717) is 6.42 Å². The van der Waals surface area contributed by atoms with Crippen LogP contribution < -0.4 is 5.32 Å². The Kier molecular flexibility index (Phi) is 4.73. The van der Waals surface area contributed by atoms with E-state index in [1.807, 2.05) is 16.9 Å². The highest BCUT2D eigenvalue weighted by atomic mass is 16.1. The summed E-state index contributed by atoms with van der Waals surface area (Å²) in [6, 6.07) is 2.10. The maximum atomic E-state index is 12.2. The van der Waals surface area contributed by atoms with E-state index in [1.54, 1.807) is 6.20 Å². The molecule has 6 nitrogen and oxygen atoms in total. The lowest BCUT2D eigenvalue weighted by atomic mass is 9.93. The van der Waals surface area contributed by atoms with Gasteiger partial charge in [-0.25, -0.2) is 4.98 Å². The van der Waals surface area contributed by atoms with E-state index in [1.165, 1.54) is 0 Å². The van der Waals surface area contributed by atoms with Crippen molar-refractivity contribution in [1.82, 2.24) is 24.6 Å². The largest absolute Gasteiger partial charge is 0.352 e. The van der Waals surface area contributed by atoms with Crippen molar-refractivity contribution in [1.29, 1.82) is 0 Å². The van der Waals surface area contributed by atoms with Crippen molar-refractivity contribution in [2.75, 3.05) is 0 Å². The number of hydrogen-bond donors (Lipinski definition) is 1. The number of fused-ring (bicyclic) bond motifs is 1. The van der Waals surface area contributed by atoms with Gasteiger partial charge in [-0.3, -0.25) is 9.48 Å². The molecule has 1 aliphatic heterocycles. The first kappa shape index (κ1) is 16.7. The quantitative estimate of drug-likeness (QED) is 0.915. The first-order valence-corrected chi connectivity index (χ1v) is 8.75. The lowest BCUT2D eigenvalue weighted by Crippen LogP contribution is -2.40. The predicted molar refractivity (Wildman–Crippen MR) is 92.6 cm³/mol. The standard InChI is InChI=1S/C18H27N5O/c1-18(2,3)15-13-22-12-14(7-8-16(22)21-15)20-17(24)6-4-10-23-11-5-9-19-23/h5,9,11,13-14H,4,6-8,10,12H2,1-3H3,(H,20,24). The molecule has 0 aromatic carbocycles. The van der Waals surface area contributed by atoms with Gasteiger partial charge in [0, 0.05) is 56.0 Å². The molecule has 1 amide bonds. The normalized spacial score (nSPS) is 17.5. The molecule has 24 heavy (non-hydrogen) atoms. The third kappa shape index (κ3) is 4.04. The molecule has 1 N–H and O–H groups in total. The predicted octanol–water partition coefficient (Wildman–Crippen LogP) is 2.29. The maximum Gasteiger partial charge on any atom is 0.220 e. The maximum absolute atomic E-state index is 12.2. The van der Waals surface area contributed by atoms with Gasteiger partial charge in [0.2, 0.25) is 5.91 Å². The van der Waals surface area contributed by atoms with Gasteiger partial charge < -0.3 is 9.88 Å². The van der Waals surface area contributed by atoms with E-state index >= 15 is 0 Å². The van der Waals surface area contributed by atoms with Crippen molar-refractivity contribution in [3.8, 4) is 0 Å². The molecular formula is C18H27N5O. The van der Waals surface area contributed by atoms with Crippen LogP contribution in [0.3, 0.4) is 0 Å². The van der Waals surface area contributed by atoms with Gasteiger partial charge in [0.1, 0.15) is 5.82 Å². The summed E-state index contributed by atoms with van der Waals surface area (Å²) in [4.78, 5) is 16.9. The molecule has 1 atom stereocenters. The van der Waals surface area contributed by atoms with Crippen LogP contribution in [0, 0.1) is 0 Å². The SMILES string of the molecule is CC(C)(C)c1cn2c(n1)CCC(NC(=O)CCCn1cccn1)C2. The number of nitrogens with zero attached hydrogens (tertiary/aromatic N) is 4. The summed E-state index contributed by atoms with van der Waals surface area (Å²) in [5.74, 6) is 1.27. The number of rotatable bonds is 5. The van der Waals surface area contributed by atoms with Gasteiger partial charge in [-0.1, -0.05) is 20.8 Å². The highest BCUT2D eigenvalue weighted by Crippen LogP contribution is 2.24. The number of hydrogen-bond acceptors (Lipinski definition) is 3. The lowest BCUT2D eigenvalue weighted by Gasteiger charge is -2.24. The summed E-state index contributed by atoms with van der Waals surface area (Å²) in [5.41, 5.74) is 1.19. The van der Waals surface area contributed by atoms with Crippen molar-refractivity contribution < 1.29 is 4.79 Å². The van der Waals surface area contributed by atoms with Gasteiger partial charge in [-0.2, -0.15) is 5.10 Å². The van der Waals surface area contributed by atoms with Crippen LogP contribution in [0.5, 0.6) is 0 Å². The van der Waals surface area contributed by atoms with E-state index in [4.69, 9.17) is 4.98 Å². The number of imidazole rings is 1. The number of aromatic nitrogens is 4. The third-order valence-corrected chi connectivity index (χ3v) is 4.48. The monoisotopic (exact) mass is 329 g/mol. The first-order chi connectivity index (χ1) is 11.4. The van der Waals surface area contributed by atoms with Crippen LogP contribution in [0.4, 0.5) is 0 Å². The Hall–Kier alpha value is -2.11. The molecule has 0 radical (unpaired) electrons. The van der Waals surface area contributed by atoms with Gasteiger partial charge in [-0.15, -0.1) is 0 Å². The average molecular weight is 329 g/mol. The fourth-order valence-electron chi connectivity index (χ4n) is 3.06. The minimum absolute atomic E-state index is 0.0651. The topological polar surface area (TPSA) is 64.7 Å². The van der Waals surface area contributed by atoms with Crippen LogP contribution in [-0.2, 0) is 29.7 Å². The molecule has 6 heteroatoms. The molecule has 1 unspecified atom stereocenters. The number of aryl methyl sites for hydroxylation is 2. The Morgan fingerprint density at radius 2 is 2.25 bits per heavy atom. The minimum atomic E-state index is 0.0651. The summed E-state index contributed by atoms with van der Waals surface area (Å²) >= 11 is 0. The summed E-state index contributed by atoms with van der Waals surface area (Å²) in [7, 11) is 0. The Labute approximate surface area is 143 Å². The highest BCUT2D eigenvalue weighted by Gasteiger charge is 2.25. The molecule has 0 saturated heterocycles. The highest BCUT2D eigenvalue weighted by molar-refractivity contribution is 5.76. The molecule has 0 spiro atoms. The van der Waals surface area contributed by atoms with Crippen LogP contribution in [0.25, 0.3) is 0 Å². The average Bonchev–Trinajstić information content (AvgIpc) is 3.15. The fraction of sp³-hybridized carbons (Fsp3) is 0.611. The third-order valence-electron chi connectivity index (χ3n) is 4.48. The minimum Gasteiger partial charge on any atom is -0.352 e. The zero-order chi connectivity index (χ0) is 17.2. The van der Waals surface area contributed by atoms with E-state index in [0.717, 1.165) is 43.9 Å². The molecule has 1 aliphatic rings. The second-order valence-electron chi connectivity index (χ2n) is 7.62. The molecule has 0 saturated carbocycles. The molecule has 3 rings (SSSR count). The molecule has 0 bridgehead atoms. The molecular weight excluding hydrogens is 302 g/mol. The van der Waals surface area contributed by atoms with Crippen molar-refractivity contribution in [3.63, 3.8) is 0 Å². The zero-order valence-corrected chi connectivity index (χ0v) is 14.8. The lowest BCUT2D eigenvalue weighted by molar-refractivity contribution is -0.122. The van der Waals surface area contributed by atoms with Gasteiger partial charge in [0.25, 0.3) is 0 Å². The van der Waals surface area contributed by atoms with Gasteiger partial charge in [0.15, 0.2) is 0 Å². The van der Waals surface area contributed by atoms with E-state index < -0.39 is 0 Å². The molecule has 130 valence electrons. The first-order valence-electron chi connectivity index (χ1n) is 8.75. The second-order valence-corrected chi connectivity index (χ2v) is 7.62. The summed E-state index contributed by atoms with van der Waals surface area (Å²) < 4.78 is 4.07. The molecule has 2 aromatic heterocycles. The number of carbonyl (C=O) groups is 1. The Morgan fingerprint density at radius 1 is 1.42 bits per heavy atom. The van der Waals surface area contributed by atoms with E-state index in [9.17, 15) is 4.79 Å². The van der Waals surface area contributed by atoms with Crippen molar-refractivity contribution in [2.45, 2.75) is 71.0 Å². The molecule has 2 aromatic rings. The molecule has 0 fully saturated rings. The van der Waals surface area contributed by atoms with Crippen molar-refractivity contribution in [2.24, 2.45) is 0 Å². The van der Waals surface area contributed by atoms with E-state index in [2.05, 4.69) is 42.0 Å². The van der Waals surface area contributed by atoms with Crippen LogP contribution in [0.15, 0.2) is 24.7 Å². The fourth-order valence-corrected chi connectivity index (χ4v) is 3.06. The Balaban J connectivity index is 1.48. The van der Waals surface area contributed by atoms with Crippen LogP contribution >= 0.6 is 0 Å². The summed E-state index contributed by atoms with van der Waals surface area (Å²) in [5, 5.41) is 7.32. The van der Waals surface area contributed by atoms with Gasteiger partial charge in [-0.05, 0) is 18.9 Å². The molecule has 0 aliphatic carbocycles. The van der Waals surface area contributed by atoms with Crippen molar-refractivity contribution >= 4 is 5.91 Å². The number of nitrogens with one attached hydrogen (secondary N) is 1. The van der Waals surface area contributed by atoms with E-state index in [-0.39, 0.29) is 17.4 Å². The van der Waals surface area contributed by atoms with Crippen LogP contribution in [0.2, 0.25) is 0 Å². The zero-order valence-electron chi connectivity index (χ0n) is 14.8. The Bertz CT molecular complexity index is 681. The van der Waals surface area contributed by atoms with Crippen LogP contribution in [0.1, 0.15) is 51.6 Å². The molecule has 3 heterocycles. The second kappa shape index (κ2) is 6.79. The summed E-state index contributed by atoms with van der Waals surface area (Å²) in [6.07, 6.45) is 9.07. The van der Waals surface area contributed by atoms with Gasteiger partial charge in [0.05, 0.1) is 5.69 Å². The number of amides is 1. The van der Waals surface area contributed by atoms with Crippen LogP contribution in [-0.4, -0.2) is 31.3 Å². The number of carbonyl (C=O) groups excluding carboxylic acids is 1. The Morgan fingerprint density at radius 3 is 2.96 bits per heavy atom.